The van der Waals surface area contributed by atoms with Crippen LogP contribution in [0.3, 0.4) is 0 Å². The van der Waals surface area contributed by atoms with E-state index in [4.69, 9.17) is 4.74 Å². The van der Waals surface area contributed by atoms with Gasteiger partial charge in [0.2, 0.25) is 5.91 Å². The number of benzene rings is 2. The lowest BCUT2D eigenvalue weighted by Gasteiger charge is -2.14. The van der Waals surface area contributed by atoms with E-state index in [-0.39, 0.29) is 11.2 Å². The predicted molar refractivity (Wildman–Crippen MR) is 93.6 cm³/mol. The minimum absolute atomic E-state index is 0.00942. The second-order valence-corrected chi connectivity index (χ2v) is 6.46. The summed E-state index contributed by atoms with van der Waals surface area (Å²) in [5, 5.41) is 2.82. The monoisotopic (exact) mass is 315 g/mol. The van der Waals surface area contributed by atoms with Gasteiger partial charge in [-0.1, -0.05) is 36.4 Å². The number of hydrogen-bond donors (Lipinski definition) is 1. The van der Waals surface area contributed by atoms with E-state index in [1.807, 2.05) is 50.2 Å². The second-order valence-electron chi connectivity index (χ2n) is 5.13. The normalized spacial score (nSPS) is 11.8. The number of rotatable bonds is 6. The molecule has 22 heavy (non-hydrogen) atoms. The van der Waals surface area contributed by atoms with Crippen LogP contribution in [-0.4, -0.2) is 18.3 Å². The molecule has 4 heteroatoms. The van der Waals surface area contributed by atoms with Crippen LogP contribution >= 0.6 is 11.8 Å². The summed E-state index contributed by atoms with van der Waals surface area (Å²) in [5.74, 6) is 1.49. The summed E-state index contributed by atoms with van der Waals surface area (Å²) in [6.07, 6.45) is 0. The van der Waals surface area contributed by atoms with E-state index in [1.165, 1.54) is 5.56 Å². The minimum Gasteiger partial charge on any atom is -0.495 e. The highest BCUT2D eigenvalue weighted by atomic mass is 32.2. The number of carbonyl (C=O) groups excluding carboxylic acids is 1. The standard InChI is InChI=1S/C18H21NO2S/c1-13-9-10-17(21-3)16(11-13)19-18(20)14(2)22-12-15-7-5-4-6-8-15/h4-11,14H,12H2,1-3H3,(H,19,20). The number of ether oxygens (including phenoxy) is 1. The van der Waals surface area contributed by atoms with Crippen LogP contribution < -0.4 is 10.1 Å². The van der Waals surface area contributed by atoms with Gasteiger partial charge in [0.05, 0.1) is 18.0 Å². The van der Waals surface area contributed by atoms with Gasteiger partial charge in [-0.25, -0.2) is 0 Å². The molecule has 0 aromatic heterocycles. The molecule has 1 atom stereocenters. The number of amides is 1. The molecule has 1 N–H and O–H groups in total. The summed E-state index contributed by atoms with van der Waals surface area (Å²) in [6, 6.07) is 15.9. The van der Waals surface area contributed by atoms with Crippen molar-refractivity contribution in [2.45, 2.75) is 24.9 Å². The Labute approximate surface area is 136 Å². The molecule has 0 bridgehead atoms. The molecule has 0 saturated heterocycles. The fourth-order valence-electron chi connectivity index (χ4n) is 2.03. The number of carbonyl (C=O) groups is 1. The van der Waals surface area contributed by atoms with Crippen LogP contribution in [0.15, 0.2) is 48.5 Å². The van der Waals surface area contributed by atoms with Crippen molar-refractivity contribution >= 4 is 23.4 Å². The van der Waals surface area contributed by atoms with Gasteiger partial charge in [0.15, 0.2) is 0 Å². The van der Waals surface area contributed by atoms with Crippen molar-refractivity contribution in [2.24, 2.45) is 0 Å². The average molecular weight is 315 g/mol. The van der Waals surface area contributed by atoms with E-state index < -0.39 is 0 Å². The summed E-state index contributed by atoms with van der Waals surface area (Å²) < 4.78 is 5.29. The summed E-state index contributed by atoms with van der Waals surface area (Å²) in [6.45, 7) is 3.91. The maximum absolute atomic E-state index is 12.3. The Balaban J connectivity index is 1.95. The number of methoxy groups -OCH3 is 1. The lowest BCUT2D eigenvalue weighted by atomic mass is 10.2. The minimum atomic E-state index is -0.134. The maximum atomic E-state index is 12.3. The van der Waals surface area contributed by atoms with E-state index in [0.717, 1.165) is 17.0 Å². The van der Waals surface area contributed by atoms with Gasteiger partial charge in [-0.3, -0.25) is 4.79 Å². The van der Waals surface area contributed by atoms with Crippen molar-refractivity contribution in [3.05, 3.63) is 59.7 Å². The Morgan fingerprint density at radius 1 is 1.23 bits per heavy atom. The maximum Gasteiger partial charge on any atom is 0.237 e. The van der Waals surface area contributed by atoms with Crippen LogP contribution in [0.4, 0.5) is 5.69 Å². The highest BCUT2D eigenvalue weighted by Crippen LogP contribution is 2.26. The quantitative estimate of drug-likeness (QED) is 0.865. The zero-order chi connectivity index (χ0) is 15.9. The number of anilines is 1. The molecular formula is C18H21NO2S. The van der Waals surface area contributed by atoms with Gasteiger partial charge in [-0.2, -0.15) is 0 Å². The van der Waals surface area contributed by atoms with Gasteiger partial charge in [0, 0.05) is 5.75 Å². The average Bonchev–Trinajstić information content (AvgIpc) is 2.53. The van der Waals surface area contributed by atoms with Crippen LogP contribution in [0.1, 0.15) is 18.1 Å². The van der Waals surface area contributed by atoms with Gasteiger partial charge in [0.1, 0.15) is 5.75 Å². The van der Waals surface area contributed by atoms with Crippen LogP contribution in [0.25, 0.3) is 0 Å². The first-order valence-electron chi connectivity index (χ1n) is 7.21. The van der Waals surface area contributed by atoms with Crippen molar-refractivity contribution < 1.29 is 9.53 Å². The third kappa shape index (κ3) is 4.53. The third-order valence-corrected chi connectivity index (χ3v) is 4.54. The molecular weight excluding hydrogens is 294 g/mol. The lowest BCUT2D eigenvalue weighted by molar-refractivity contribution is -0.115. The SMILES string of the molecule is COc1ccc(C)cc1NC(=O)C(C)SCc1ccccc1. The molecule has 0 aliphatic carbocycles. The molecule has 2 aromatic rings. The molecule has 2 aromatic carbocycles. The van der Waals surface area contributed by atoms with E-state index in [9.17, 15) is 4.79 Å². The van der Waals surface area contributed by atoms with E-state index in [0.29, 0.717) is 5.75 Å². The van der Waals surface area contributed by atoms with Crippen LogP contribution in [-0.2, 0) is 10.5 Å². The van der Waals surface area contributed by atoms with Crippen molar-refractivity contribution in [3.63, 3.8) is 0 Å². The van der Waals surface area contributed by atoms with Gasteiger partial charge >= 0.3 is 0 Å². The highest BCUT2D eigenvalue weighted by Gasteiger charge is 2.15. The van der Waals surface area contributed by atoms with Crippen LogP contribution in [0.5, 0.6) is 5.75 Å². The first-order valence-corrected chi connectivity index (χ1v) is 8.26. The van der Waals surface area contributed by atoms with Crippen LogP contribution in [0.2, 0.25) is 0 Å². The van der Waals surface area contributed by atoms with Gasteiger partial charge < -0.3 is 10.1 Å². The third-order valence-electron chi connectivity index (χ3n) is 3.32. The molecule has 0 aliphatic rings. The van der Waals surface area contributed by atoms with Gasteiger partial charge in [0.25, 0.3) is 0 Å². The second kappa shape index (κ2) is 7.90. The fourth-order valence-corrected chi connectivity index (χ4v) is 2.87. The van der Waals surface area contributed by atoms with Crippen molar-refractivity contribution in [3.8, 4) is 5.75 Å². The molecule has 0 aliphatic heterocycles. The van der Waals surface area contributed by atoms with Crippen molar-refractivity contribution in [1.29, 1.82) is 0 Å². The molecule has 0 radical (unpaired) electrons. The smallest absolute Gasteiger partial charge is 0.237 e. The molecule has 0 saturated carbocycles. The molecule has 1 amide bonds. The van der Waals surface area contributed by atoms with Crippen molar-refractivity contribution in [2.75, 3.05) is 12.4 Å². The molecule has 0 fully saturated rings. The Morgan fingerprint density at radius 2 is 1.95 bits per heavy atom. The number of aryl methyl sites for hydroxylation is 1. The van der Waals surface area contributed by atoms with E-state index >= 15 is 0 Å². The summed E-state index contributed by atoms with van der Waals surface area (Å²) in [4.78, 5) is 12.3. The fraction of sp³-hybridized carbons (Fsp3) is 0.278. The Hall–Kier alpha value is -1.94. The first kappa shape index (κ1) is 16.4. The first-order chi connectivity index (χ1) is 10.6. The van der Waals surface area contributed by atoms with E-state index in [2.05, 4.69) is 17.4 Å². The predicted octanol–water partition coefficient (Wildman–Crippen LogP) is 4.26. The number of thioether (sulfide) groups is 1. The molecule has 0 heterocycles. The highest BCUT2D eigenvalue weighted by molar-refractivity contribution is 7.99. The zero-order valence-electron chi connectivity index (χ0n) is 13.1. The molecule has 1 unspecified atom stereocenters. The Bertz CT molecular complexity index is 628. The molecule has 0 spiro atoms. The molecule has 2 rings (SSSR count). The summed E-state index contributed by atoms with van der Waals surface area (Å²) >= 11 is 1.62. The van der Waals surface area contributed by atoms with Gasteiger partial charge in [-0.15, -0.1) is 11.8 Å². The zero-order valence-corrected chi connectivity index (χ0v) is 13.9. The Morgan fingerprint density at radius 3 is 2.64 bits per heavy atom. The van der Waals surface area contributed by atoms with Crippen molar-refractivity contribution in [1.82, 2.24) is 0 Å². The molecule has 116 valence electrons. The largest absolute Gasteiger partial charge is 0.495 e. The molecule has 3 nitrogen and oxygen atoms in total. The topological polar surface area (TPSA) is 38.3 Å². The number of nitrogens with one attached hydrogen (secondary N) is 1. The van der Waals surface area contributed by atoms with E-state index in [1.54, 1.807) is 18.9 Å². The summed E-state index contributed by atoms with van der Waals surface area (Å²) in [5.41, 5.74) is 3.03. The number of hydrogen-bond acceptors (Lipinski definition) is 3. The van der Waals surface area contributed by atoms with Crippen LogP contribution in [0, 0.1) is 6.92 Å². The summed E-state index contributed by atoms with van der Waals surface area (Å²) in [7, 11) is 1.61. The lowest BCUT2D eigenvalue weighted by Crippen LogP contribution is -2.23. The Kier molecular flexibility index (Phi) is 5.90. The van der Waals surface area contributed by atoms with Gasteiger partial charge in [-0.05, 0) is 37.1 Å².